The first kappa shape index (κ1) is 15.5. The molecule has 2 aromatic carbocycles. The number of benzene rings is 2. The molecule has 1 aromatic heterocycles. The van der Waals surface area contributed by atoms with Gasteiger partial charge in [0.2, 0.25) is 0 Å². The Hall–Kier alpha value is -0.910. The van der Waals surface area contributed by atoms with Gasteiger partial charge in [-0.3, -0.25) is 0 Å². The predicted molar refractivity (Wildman–Crippen MR) is 90.8 cm³/mol. The summed E-state index contributed by atoms with van der Waals surface area (Å²) in [5.74, 6) is 0. The van der Waals surface area contributed by atoms with Gasteiger partial charge in [-0.2, -0.15) is 0 Å². The van der Waals surface area contributed by atoms with Crippen LogP contribution in [0, 0.1) is 0 Å². The molecule has 20 heavy (non-hydrogen) atoms. The molecule has 3 nitrogen and oxygen atoms in total. The molecule has 0 fully saturated rings. The van der Waals surface area contributed by atoms with Crippen molar-refractivity contribution in [2.45, 2.75) is 6.42 Å². The van der Waals surface area contributed by atoms with E-state index in [1.165, 1.54) is 5.56 Å². The second-order valence-electron chi connectivity index (χ2n) is 4.45. The molecule has 0 amide bonds. The summed E-state index contributed by atoms with van der Waals surface area (Å²) in [6.45, 7) is 0. The summed E-state index contributed by atoms with van der Waals surface area (Å²) < 4.78 is 2.82. The average molecular weight is 418 g/mol. The van der Waals surface area contributed by atoms with Gasteiger partial charge >= 0.3 is 0 Å². The highest BCUT2D eigenvalue weighted by molar-refractivity contribution is 9.10. The van der Waals surface area contributed by atoms with Gasteiger partial charge < -0.3 is 0 Å². The lowest BCUT2D eigenvalue weighted by Gasteiger charge is -2.04. The molecule has 0 aliphatic carbocycles. The highest BCUT2D eigenvalue weighted by atomic mass is 79.9. The van der Waals surface area contributed by atoms with Crippen molar-refractivity contribution in [1.82, 2.24) is 15.0 Å². The van der Waals surface area contributed by atoms with E-state index in [4.69, 9.17) is 11.6 Å². The molecule has 3 rings (SSSR count). The van der Waals surface area contributed by atoms with E-state index in [1.807, 2.05) is 37.4 Å². The molecule has 0 unspecified atom stereocenters. The maximum absolute atomic E-state index is 5.91. The maximum Gasteiger partial charge on any atom is 0.116 e. The van der Waals surface area contributed by atoms with Crippen LogP contribution in [-0.2, 0) is 13.5 Å². The largest absolute Gasteiger partial charge is 0.248 e. The first-order chi connectivity index (χ1) is 9.13. The molecule has 0 atom stereocenters. The van der Waals surface area contributed by atoms with Crippen molar-refractivity contribution in [2.24, 2.45) is 7.05 Å². The van der Waals surface area contributed by atoms with E-state index in [2.05, 4.69) is 32.3 Å². The first-order valence-electron chi connectivity index (χ1n) is 5.86. The van der Waals surface area contributed by atoms with Crippen LogP contribution in [0.1, 0.15) is 11.1 Å². The molecule has 6 heteroatoms. The topological polar surface area (TPSA) is 30.7 Å². The summed E-state index contributed by atoms with van der Waals surface area (Å²) >= 11 is 9.44. The quantitative estimate of drug-likeness (QED) is 0.612. The summed E-state index contributed by atoms with van der Waals surface area (Å²) in [4.78, 5) is 0. The van der Waals surface area contributed by atoms with Gasteiger partial charge in [0, 0.05) is 16.5 Å². The van der Waals surface area contributed by atoms with Gasteiger partial charge in [0.1, 0.15) is 5.52 Å². The van der Waals surface area contributed by atoms with Gasteiger partial charge in [0.15, 0.2) is 0 Å². The zero-order valence-electron chi connectivity index (χ0n) is 10.7. The zero-order chi connectivity index (χ0) is 13.4. The Labute approximate surface area is 140 Å². The number of nitrogens with zero attached hydrogens (tertiary/aromatic N) is 3. The zero-order valence-corrected chi connectivity index (χ0v) is 14.7. The minimum Gasteiger partial charge on any atom is -0.248 e. The second-order valence-corrected chi connectivity index (χ2v) is 5.80. The molecule has 0 bridgehead atoms. The third-order valence-electron chi connectivity index (χ3n) is 3.07. The Morgan fingerprint density at radius 1 is 1.20 bits per heavy atom. The predicted octanol–water partition coefficient (Wildman–Crippen LogP) is 4.55. The van der Waals surface area contributed by atoms with Crippen molar-refractivity contribution >= 4 is 55.5 Å². The first-order valence-corrected chi connectivity index (χ1v) is 7.03. The van der Waals surface area contributed by atoms with Crippen molar-refractivity contribution in [3.63, 3.8) is 0 Å². The van der Waals surface area contributed by atoms with E-state index in [9.17, 15) is 0 Å². The number of halogens is 3. The van der Waals surface area contributed by atoms with Crippen molar-refractivity contribution in [3.8, 4) is 0 Å². The van der Waals surface area contributed by atoms with Gasteiger partial charge in [0.25, 0.3) is 0 Å². The lowest BCUT2D eigenvalue weighted by molar-refractivity contribution is 0.736. The number of fused-ring (bicyclic) bond motifs is 1. The molecule has 0 spiro atoms. The number of hydrogen-bond acceptors (Lipinski definition) is 2. The molecule has 0 aliphatic rings. The van der Waals surface area contributed by atoms with E-state index in [-0.39, 0.29) is 17.0 Å². The highest BCUT2D eigenvalue weighted by Gasteiger charge is 2.09. The summed E-state index contributed by atoms with van der Waals surface area (Å²) in [7, 11) is 1.90. The van der Waals surface area contributed by atoms with Crippen LogP contribution in [0.15, 0.2) is 40.9 Å². The lowest BCUT2D eigenvalue weighted by atomic mass is 10.0. The maximum atomic E-state index is 5.91. The summed E-state index contributed by atoms with van der Waals surface area (Å²) in [5, 5.41) is 9.07. The monoisotopic (exact) mass is 415 g/mol. The summed E-state index contributed by atoms with van der Waals surface area (Å²) in [6, 6.07) is 12.0. The Morgan fingerprint density at radius 3 is 2.60 bits per heavy atom. The average Bonchev–Trinajstić information content (AvgIpc) is 2.74. The minimum absolute atomic E-state index is 0. The Balaban J connectivity index is 0.00000147. The summed E-state index contributed by atoms with van der Waals surface area (Å²) in [6.07, 6.45) is 0.811. The number of aryl methyl sites for hydroxylation is 1. The molecule has 1 heterocycles. The number of aromatic nitrogens is 3. The normalized spacial score (nSPS) is 10.6. The third kappa shape index (κ3) is 3.05. The van der Waals surface area contributed by atoms with Crippen LogP contribution in [0.25, 0.3) is 11.0 Å². The molecule has 104 valence electrons. The fourth-order valence-electron chi connectivity index (χ4n) is 2.12. The second kappa shape index (κ2) is 6.24. The van der Waals surface area contributed by atoms with Gasteiger partial charge in [-0.05, 0) is 41.8 Å². The van der Waals surface area contributed by atoms with Gasteiger partial charge in [-0.25, -0.2) is 4.68 Å². The number of hydrogen-bond donors (Lipinski definition) is 0. The van der Waals surface area contributed by atoms with Crippen molar-refractivity contribution in [3.05, 3.63) is 57.0 Å². The van der Waals surface area contributed by atoms with Crippen LogP contribution >= 0.6 is 44.5 Å². The molecule has 0 radical (unpaired) electrons. The van der Waals surface area contributed by atoms with Crippen molar-refractivity contribution in [2.75, 3.05) is 0 Å². The van der Waals surface area contributed by atoms with Gasteiger partial charge in [-0.1, -0.05) is 44.9 Å². The van der Waals surface area contributed by atoms with Crippen LogP contribution in [0.4, 0.5) is 0 Å². The standard InChI is InChI=1S/C14H11BrClN3.BrH/c1-19-13-8-11(15)7-10(14(13)17-18-19)6-9-2-4-12(16)5-3-9;/h2-5,7-8H,6H2,1H3;1H. The van der Waals surface area contributed by atoms with Crippen LogP contribution in [0.5, 0.6) is 0 Å². The highest BCUT2D eigenvalue weighted by Crippen LogP contribution is 2.24. The molecule has 0 aliphatic heterocycles. The third-order valence-corrected chi connectivity index (χ3v) is 3.78. The Morgan fingerprint density at radius 2 is 1.90 bits per heavy atom. The van der Waals surface area contributed by atoms with E-state index < -0.39 is 0 Å². The van der Waals surface area contributed by atoms with E-state index >= 15 is 0 Å². The molecular formula is C14H12Br2ClN3. The van der Waals surface area contributed by atoms with E-state index in [0.717, 1.165) is 32.5 Å². The van der Waals surface area contributed by atoms with Crippen LogP contribution in [0.3, 0.4) is 0 Å². The van der Waals surface area contributed by atoms with E-state index in [1.54, 1.807) is 4.68 Å². The van der Waals surface area contributed by atoms with Crippen molar-refractivity contribution < 1.29 is 0 Å². The van der Waals surface area contributed by atoms with Crippen molar-refractivity contribution in [1.29, 1.82) is 0 Å². The number of rotatable bonds is 2. The smallest absolute Gasteiger partial charge is 0.116 e. The summed E-state index contributed by atoms with van der Waals surface area (Å²) in [5.41, 5.74) is 4.33. The SMILES string of the molecule is Br.Cn1nnc2c(Cc3ccc(Cl)cc3)cc(Br)cc21. The van der Waals surface area contributed by atoms with E-state index in [0.29, 0.717) is 0 Å². The molecule has 0 N–H and O–H groups in total. The fraction of sp³-hybridized carbons (Fsp3) is 0.143. The Bertz CT molecular complexity index is 738. The molecular weight excluding hydrogens is 405 g/mol. The molecule has 0 saturated carbocycles. The lowest BCUT2D eigenvalue weighted by Crippen LogP contribution is -1.92. The van der Waals surface area contributed by atoms with Crippen LogP contribution < -0.4 is 0 Å². The Kier molecular flexibility index (Phi) is 4.83. The van der Waals surface area contributed by atoms with Crippen LogP contribution in [-0.4, -0.2) is 15.0 Å². The van der Waals surface area contributed by atoms with Gasteiger partial charge in [0.05, 0.1) is 5.52 Å². The molecule has 3 aromatic rings. The van der Waals surface area contributed by atoms with Gasteiger partial charge in [-0.15, -0.1) is 22.1 Å². The van der Waals surface area contributed by atoms with Crippen LogP contribution in [0.2, 0.25) is 5.02 Å². The fourth-order valence-corrected chi connectivity index (χ4v) is 2.74. The molecule has 0 saturated heterocycles. The minimum atomic E-state index is 0.